The Morgan fingerprint density at radius 1 is 0.365 bits per heavy atom. The summed E-state index contributed by atoms with van der Waals surface area (Å²) in [6.45, 7) is 18.7. The van der Waals surface area contributed by atoms with E-state index in [9.17, 15) is 0 Å². The van der Waals surface area contributed by atoms with E-state index in [4.69, 9.17) is 0 Å². The first-order valence-corrected chi connectivity index (χ1v) is 30.2. The van der Waals surface area contributed by atoms with E-state index < -0.39 is 0 Å². The summed E-state index contributed by atoms with van der Waals surface area (Å²) in [5.74, 6) is 0. The van der Waals surface area contributed by atoms with Gasteiger partial charge in [0.1, 0.15) is 0 Å². The van der Waals surface area contributed by atoms with Crippen LogP contribution in [0.15, 0.2) is 267 Å². The molecule has 0 atom stereocenters. The Labute approximate surface area is 502 Å². The van der Waals surface area contributed by atoms with E-state index in [2.05, 4.69) is 337 Å². The van der Waals surface area contributed by atoms with Gasteiger partial charge in [-0.3, -0.25) is 0 Å². The van der Waals surface area contributed by atoms with Crippen molar-refractivity contribution in [3.63, 3.8) is 0 Å². The zero-order valence-corrected chi connectivity index (χ0v) is 49.8. The summed E-state index contributed by atoms with van der Waals surface area (Å²) in [6, 6.07) is 101. The lowest BCUT2D eigenvalue weighted by Gasteiger charge is -2.45. The lowest BCUT2D eigenvalue weighted by molar-refractivity contribution is 0.590. The molecule has 0 spiro atoms. The van der Waals surface area contributed by atoms with E-state index in [0.717, 1.165) is 34.1 Å². The zero-order valence-electron chi connectivity index (χ0n) is 49.8. The van der Waals surface area contributed by atoms with E-state index in [1.54, 1.807) is 0 Å². The molecule has 4 heteroatoms. The highest BCUT2D eigenvalue weighted by Crippen LogP contribution is 2.54. The fourth-order valence-electron chi connectivity index (χ4n) is 14.1. The number of nitrogens with zero attached hydrogens (tertiary/aromatic N) is 3. The maximum Gasteiger partial charge on any atom is 0.252 e. The van der Waals surface area contributed by atoms with E-state index in [1.807, 2.05) is 0 Å². The second kappa shape index (κ2) is 19.7. The fourth-order valence-corrected chi connectivity index (χ4v) is 14.1. The standard InChI is InChI=1S/C81H68BN3/c1-79(2,3)59-36-40-61(41-37-59)83(73-47-34-56-26-18-19-29-65(56)77(73)57-27-16-11-17-28-57)64-43-45-70-74(52-64)85(63-42-44-67-66-30-20-21-31-68(66)81(7,8)69(67)51-63)76-50-60(80(4,5)6)49-75-78(76)82(70)71-48-58(54-24-14-10-15-25-54)35-46-72(71)84(75)62-38-32-55(33-39-62)53-22-12-9-13-23-53/h9-52H,1-8H3. The highest BCUT2D eigenvalue weighted by Gasteiger charge is 2.45. The van der Waals surface area contributed by atoms with Gasteiger partial charge in [0, 0.05) is 56.5 Å². The number of benzene rings is 12. The van der Waals surface area contributed by atoms with Gasteiger partial charge in [0.15, 0.2) is 0 Å². The Balaban J connectivity index is 1.03. The Hall–Kier alpha value is -9.64. The molecular weight excluding hydrogens is 1030 g/mol. The van der Waals surface area contributed by atoms with Crippen LogP contribution >= 0.6 is 0 Å². The van der Waals surface area contributed by atoms with E-state index in [-0.39, 0.29) is 23.0 Å². The Bertz CT molecular complexity index is 4570. The third-order valence-corrected chi connectivity index (χ3v) is 18.5. The number of hydrogen-bond donors (Lipinski definition) is 0. The van der Waals surface area contributed by atoms with Gasteiger partial charge < -0.3 is 14.7 Å². The summed E-state index contributed by atoms with van der Waals surface area (Å²) < 4.78 is 0. The van der Waals surface area contributed by atoms with Crippen LogP contribution in [0, 0.1) is 0 Å². The Kier molecular flexibility index (Phi) is 12.1. The lowest BCUT2D eigenvalue weighted by atomic mass is 9.33. The lowest BCUT2D eigenvalue weighted by Crippen LogP contribution is -2.61. The number of anilines is 9. The Morgan fingerprint density at radius 2 is 0.918 bits per heavy atom. The molecule has 12 aromatic rings. The van der Waals surface area contributed by atoms with Gasteiger partial charge in [-0.05, 0) is 172 Å². The van der Waals surface area contributed by atoms with Crippen LogP contribution in [-0.4, -0.2) is 6.71 Å². The van der Waals surface area contributed by atoms with Crippen molar-refractivity contribution >= 4 is 85.1 Å². The quantitative estimate of drug-likeness (QED) is 0.140. The molecule has 0 saturated carbocycles. The summed E-state index contributed by atoms with van der Waals surface area (Å²) >= 11 is 0. The van der Waals surface area contributed by atoms with Crippen molar-refractivity contribution in [2.24, 2.45) is 0 Å². The van der Waals surface area contributed by atoms with Crippen molar-refractivity contribution in [2.45, 2.75) is 71.6 Å². The highest BCUT2D eigenvalue weighted by molar-refractivity contribution is 7.00. The fraction of sp³-hybridized carbons (Fsp3) is 0.136. The molecule has 3 nitrogen and oxygen atoms in total. The maximum atomic E-state index is 2.64. The van der Waals surface area contributed by atoms with Crippen LogP contribution in [0.3, 0.4) is 0 Å². The molecule has 0 aromatic heterocycles. The molecule has 0 N–H and O–H groups in total. The highest BCUT2D eigenvalue weighted by atomic mass is 15.2. The predicted molar refractivity (Wildman–Crippen MR) is 364 cm³/mol. The van der Waals surface area contributed by atoms with Gasteiger partial charge in [0.05, 0.1) is 5.69 Å². The van der Waals surface area contributed by atoms with Crippen molar-refractivity contribution in [3.05, 3.63) is 289 Å². The first kappa shape index (κ1) is 52.2. The molecule has 0 bridgehead atoms. The monoisotopic (exact) mass is 1090 g/mol. The van der Waals surface area contributed by atoms with Crippen molar-refractivity contribution in [1.82, 2.24) is 0 Å². The molecule has 0 saturated heterocycles. The van der Waals surface area contributed by atoms with Crippen LogP contribution in [0.1, 0.15) is 77.6 Å². The first-order valence-electron chi connectivity index (χ1n) is 30.2. The predicted octanol–water partition coefficient (Wildman–Crippen LogP) is 20.3. The molecule has 85 heavy (non-hydrogen) atoms. The first-order chi connectivity index (χ1) is 41.2. The molecule has 0 amide bonds. The molecule has 15 rings (SSSR count). The third-order valence-electron chi connectivity index (χ3n) is 18.5. The smallest absolute Gasteiger partial charge is 0.252 e. The van der Waals surface area contributed by atoms with Gasteiger partial charge in [-0.15, -0.1) is 0 Å². The average molecular weight is 1090 g/mol. The molecule has 410 valence electrons. The summed E-state index contributed by atoms with van der Waals surface area (Å²) in [7, 11) is 0. The molecule has 0 radical (unpaired) electrons. The second-order valence-electron chi connectivity index (χ2n) is 26.2. The number of rotatable bonds is 8. The van der Waals surface area contributed by atoms with Gasteiger partial charge >= 0.3 is 0 Å². The van der Waals surface area contributed by atoms with E-state index >= 15 is 0 Å². The number of hydrogen-bond acceptors (Lipinski definition) is 3. The van der Waals surface area contributed by atoms with Gasteiger partial charge in [0.25, 0.3) is 6.71 Å². The molecule has 3 aliphatic rings. The topological polar surface area (TPSA) is 9.72 Å². The van der Waals surface area contributed by atoms with Crippen molar-refractivity contribution < 1.29 is 0 Å². The summed E-state index contributed by atoms with van der Waals surface area (Å²) in [6.07, 6.45) is 0. The van der Waals surface area contributed by atoms with Crippen LogP contribution in [0.5, 0.6) is 0 Å². The number of fused-ring (bicyclic) bond motifs is 8. The summed E-state index contributed by atoms with van der Waals surface area (Å²) in [4.78, 5) is 7.74. The maximum absolute atomic E-state index is 2.64. The second-order valence-corrected chi connectivity index (χ2v) is 26.2. The summed E-state index contributed by atoms with van der Waals surface area (Å²) in [5, 5.41) is 2.42. The van der Waals surface area contributed by atoms with Crippen LogP contribution < -0.4 is 31.1 Å². The largest absolute Gasteiger partial charge is 0.311 e. The van der Waals surface area contributed by atoms with Gasteiger partial charge in [-0.2, -0.15) is 0 Å². The zero-order chi connectivity index (χ0) is 57.9. The van der Waals surface area contributed by atoms with Crippen LogP contribution in [-0.2, 0) is 16.2 Å². The van der Waals surface area contributed by atoms with Gasteiger partial charge in [-0.1, -0.05) is 250 Å². The van der Waals surface area contributed by atoms with E-state index in [0.29, 0.717) is 0 Å². The molecule has 1 aliphatic carbocycles. The molecule has 0 unspecified atom stereocenters. The molecule has 12 aromatic carbocycles. The van der Waals surface area contributed by atoms with Crippen LogP contribution in [0.4, 0.5) is 51.2 Å². The van der Waals surface area contributed by atoms with Crippen molar-refractivity contribution in [1.29, 1.82) is 0 Å². The van der Waals surface area contributed by atoms with Crippen molar-refractivity contribution in [2.75, 3.05) is 14.7 Å². The minimum Gasteiger partial charge on any atom is -0.311 e. The van der Waals surface area contributed by atoms with Crippen LogP contribution in [0.2, 0.25) is 0 Å². The van der Waals surface area contributed by atoms with Gasteiger partial charge in [0.2, 0.25) is 0 Å². The molecule has 0 fully saturated rings. The average Bonchev–Trinajstić information content (AvgIpc) is 0.876. The SMILES string of the molecule is CC(C)(C)c1ccc(N(c2ccc3c(c2)N(c2ccc4c(c2)C(C)(C)c2ccccc2-4)c2cc(C(C)(C)C)cc4c2B3c2cc(-c3ccccc3)ccc2N4c2ccc(-c3ccccc3)cc2)c2ccc3ccccc3c2-c2ccccc2)cc1. The van der Waals surface area contributed by atoms with Crippen molar-refractivity contribution in [3.8, 4) is 44.5 Å². The molecular formula is C81H68BN3. The Morgan fingerprint density at radius 3 is 1.60 bits per heavy atom. The summed E-state index contributed by atoms with van der Waals surface area (Å²) in [5.41, 5.74) is 28.8. The molecule has 2 heterocycles. The van der Waals surface area contributed by atoms with E-state index in [1.165, 1.54) is 111 Å². The normalized spacial score (nSPS) is 13.7. The van der Waals surface area contributed by atoms with Crippen LogP contribution in [0.25, 0.3) is 55.3 Å². The molecule has 2 aliphatic heterocycles. The minimum atomic E-state index is -0.215. The third kappa shape index (κ3) is 8.63. The minimum absolute atomic E-state index is 0.0182. The van der Waals surface area contributed by atoms with Gasteiger partial charge in [-0.25, -0.2) is 0 Å².